The topological polar surface area (TPSA) is 73.1 Å². The van der Waals surface area contributed by atoms with Crippen molar-refractivity contribution in [3.05, 3.63) is 11.9 Å². The van der Waals surface area contributed by atoms with Crippen molar-refractivity contribution in [3.63, 3.8) is 0 Å². The largest absolute Gasteiger partial charge is 0.478 e. The molecule has 2 atom stereocenters. The summed E-state index contributed by atoms with van der Waals surface area (Å²) in [5.41, 5.74) is 6.15. The quantitative estimate of drug-likeness (QED) is 0.852. The average molecular weight is 264 g/mol. The number of nitrogens with zero attached hydrogens (tertiary/aromatic N) is 2. The monoisotopic (exact) mass is 264 g/mol. The van der Waals surface area contributed by atoms with E-state index in [0.717, 1.165) is 24.6 Å². The summed E-state index contributed by atoms with van der Waals surface area (Å²) in [5, 5.41) is 3.37. The van der Waals surface area contributed by atoms with E-state index in [1.54, 1.807) is 0 Å². The molecule has 1 fully saturated rings. The standard InChI is InChI=1S/C14H24N4O/c1-3-19-14-8-13(17-10(2)18-14)16-9-11-6-4-5-7-12(11)15/h8,11-12H,3-7,9,15H2,1-2H3,(H,16,17,18). The Balaban J connectivity index is 1.94. The molecule has 2 rings (SSSR count). The van der Waals surface area contributed by atoms with Gasteiger partial charge in [-0.25, -0.2) is 4.98 Å². The third-order valence-electron chi connectivity index (χ3n) is 3.62. The third kappa shape index (κ3) is 4.06. The van der Waals surface area contributed by atoms with E-state index >= 15 is 0 Å². The van der Waals surface area contributed by atoms with E-state index in [2.05, 4.69) is 15.3 Å². The van der Waals surface area contributed by atoms with Crippen molar-refractivity contribution in [1.29, 1.82) is 0 Å². The van der Waals surface area contributed by atoms with Gasteiger partial charge in [-0.2, -0.15) is 4.98 Å². The normalized spacial score (nSPS) is 23.1. The Morgan fingerprint density at radius 2 is 2.16 bits per heavy atom. The van der Waals surface area contributed by atoms with E-state index in [9.17, 15) is 0 Å². The van der Waals surface area contributed by atoms with Crippen LogP contribution in [0.1, 0.15) is 38.4 Å². The molecule has 0 bridgehead atoms. The minimum absolute atomic E-state index is 0.315. The predicted molar refractivity (Wildman–Crippen MR) is 76.4 cm³/mol. The fourth-order valence-corrected chi connectivity index (χ4v) is 2.58. The van der Waals surface area contributed by atoms with Crippen LogP contribution in [-0.4, -0.2) is 29.2 Å². The number of ether oxygens (including phenoxy) is 1. The number of rotatable bonds is 5. The molecule has 1 aromatic rings. The Kier molecular flexibility index (Phi) is 4.96. The molecule has 1 saturated carbocycles. The lowest BCUT2D eigenvalue weighted by Crippen LogP contribution is -2.37. The van der Waals surface area contributed by atoms with E-state index in [1.807, 2.05) is 19.9 Å². The molecule has 2 unspecified atom stereocenters. The Hall–Kier alpha value is -1.36. The van der Waals surface area contributed by atoms with Crippen molar-refractivity contribution in [3.8, 4) is 5.88 Å². The van der Waals surface area contributed by atoms with Crippen molar-refractivity contribution in [2.45, 2.75) is 45.6 Å². The van der Waals surface area contributed by atoms with Gasteiger partial charge in [-0.15, -0.1) is 0 Å². The van der Waals surface area contributed by atoms with Crippen molar-refractivity contribution in [1.82, 2.24) is 9.97 Å². The summed E-state index contributed by atoms with van der Waals surface area (Å²) < 4.78 is 5.42. The second kappa shape index (κ2) is 6.70. The van der Waals surface area contributed by atoms with Crippen LogP contribution in [0.2, 0.25) is 0 Å². The highest BCUT2D eigenvalue weighted by Gasteiger charge is 2.21. The van der Waals surface area contributed by atoms with Crippen LogP contribution >= 0.6 is 0 Å². The first kappa shape index (κ1) is 14.1. The zero-order valence-electron chi connectivity index (χ0n) is 11.9. The summed E-state index contributed by atoms with van der Waals surface area (Å²) in [5.74, 6) is 2.72. The second-order valence-corrected chi connectivity index (χ2v) is 5.16. The van der Waals surface area contributed by atoms with Gasteiger partial charge in [0.1, 0.15) is 11.6 Å². The molecule has 1 aliphatic rings. The van der Waals surface area contributed by atoms with Crippen molar-refractivity contribution < 1.29 is 4.74 Å². The Morgan fingerprint density at radius 3 is 2.89 bits per heavy atom. The summed E-state index contributed by atoms with van der Waals surface area (Å²) in [7, 11) is 0. The smallest absolute Gasteiger partial charge is 0.218 e. The van der Waals surface area contributed by atoms with Gasteiger partial charge in [0.05, 0.1) is 6.61 Å². The summed E-state index contributed by atoms with van der Waals surface area (Å²) in [4.78, 5) is 8.62. The van der Waals surface area contributed by atoms with Gasteiger partial charge in [-0.3, -0.25) is 0 Å². The van der Waals surface area contributed by atoms with Crippen LogP contribution in [0.5, 0.6) is 5.88 Å². The molecular weight excluding hydrogens is 240 g/mol. The molecule has 3 N–H and O–H groups in total. The van der Waals surface area contributed by atoms with E-state index in [-0.39, 0.29) is 0 Å². The van der Waals surface area contributed by atoms with Crippen molar-refractivity contribution in [2.75, 3.05) is 18.5 Å². The highest BCUT2D eigenvalue weighted by atomic mass is 16.5. The minimum Gasteiger partial charge on any atom is -0.478 e. The molecule has 0 spiro atoms. The summed E-state index contributed by atoms with van der Waals surface area (Å²) in [6, 6.07) is 2.17. The third-order valence-corrected chi connectivity index (χ3v) is 3.62. The van der Waals surface area contributed by atoms with Crippen LogP contribution in [-0.2, 0) is 0 Å². The molecular formula is C14H24N4O. The summed E-state index contributed by atoms with van der Waals surface area (Å²) in [6.07, 6.45) is 4.89. The van der Waals surface area contributed by atoms with Gasteiger partial charge in [0.2, 0.25) is 5.88 Å². The molecule has 0 saturated heterocycles. The first-order valence-electron chi connectivity index (χ1n) is 7.17. The maximum Gasteiger partial charge on any atom is 0.218 e. The lowest BCUT2D eigenvalue weighted by atomic mass is 9.85. The van der Waals surface area contributed by atoms with Crippen molar-refractivity contribution in [2.24, 2.45) is 11.7 Å². The average Bonchev–Trinajstić information content (AvgIpc) is 2.37. The van der Waals surface area contributed by atoms with E-state index in [0.29, 0.717) is 24.4 Å². The molecule has 0 radical (unpaired) electrons. The number of nitrogens with one attached hydrogen (secondary N) is 1. The highest BCUT2D eigenvalue weighted by molar-refractivity contribution is 5.38. The Labute approximate surface area is 115 Å². The first-order valence-corrected chi connectivity index (χ1v) is 7.17. The fraction of sp³-hybridized carbons (Fsp3) is 0.714. The number of anilines is 1. The van der Waals surface area contributed by atoms with Gasteiger partial charge in [0, 0.05) is 18.7 Å². The Bertz CT molecular complexity index is 410. The van der Waals surface area contributed by atoms with Crippen LogP contribution in [0.25, 0.3) is 0 Å². The number of aromatic nitrogens is 2. The van der Waals surface area contributed by atoms with Gasteiger partial charge in [0.15, 0.2) is 0 Å². The molecule has 1 heterocycles. The van der Waals surface area contributed by atoms with E-state index in [4.69, 9.17) is 10.5 Å². The predicted octanol–water partition coefficient (Wildman–Crippen LogP) is 2.11. The molecule has 0 amide bonds. The van der Waals surface area contributed by atoms with Gasteiger partial charge >= 0.3 is 0 Å². The molecule has 19 heavy (non-hydrogen) atoms. The highest BCUT2D eigenvalue weighted by Crippen LogP contribution is 2.23. The molecule has 5 heteroatoms. The Morgan fingerprint density at radius 1 is 1.37 bits per heavy atom. The second-order valence-electron chi connectivity index (χ2n) is 5.16. The molecule has 106 valence electrons. The number of nitrogens with two attached hydrogens (primary N) is 1. The molecule has 1 aromatic heterocycles. The van der Waals surface area contributed by atoms with Crippen molar-refractivity contribution >= 4 is 5.82 Å². The van der Waals surface area contributed by atoms with Crippen LogP contribution in [0.4, 0.5) is 5.82 Å². The number of aryl methyl sites for hydroxylation is 1. The van der Waals surface area contributed by atoms with Gasteiger partial charge in [-0.1, -0.05) is 12.8 Å². The molecule has 0 aliphatic heterocycles. The maximum atomic E-state index is 6.15. The number of hydrogen-bond donors (Lipinski definition) is 2. The van der Waals surface area contributed by atoms with Gasteiger partial charge in [0.25, 0.3) is 0 Å². The van der Waals surface area contributed by atoms with Crippen LogP contribution in [0.15, 0.2) is 6.07 Å². The van der Waals surface area contributed by atoms with E-state index in [1.165, 1.54) is 19.3 Å². The van der Waals surface area contributed by atoms with Gasteiger partial charge < -0.3 is 15.8 Å². The van der Waals surface area contributed by atoms with Crippen LogP contribution in [0.3, 0.4) is 0 Å². The summed E-state index contributed by atoms with van der Waals surface area (Å²) in [6.45, 7) is 5.32. The fourth-order valence-electron chi connectivity index (χ4n) is 2.58. The molecule has 0 aromatic carbocycles. The zero-order chi connectivity index (χ0) is 13.7. The van der Waals surface area contributed by atoms with Gasteiger partial charge in [-0.05, 0) is 32.6 Å². The lowest BCUT2D eigenvalue weighted by molar-refractivity contribution is 0.320. The minimum atomic E-state index is 0.315. The SMILES string of the molecule is CCOc1cc(NCC2CCCCC2N)nc(C)n1. The lowest BCUT2D eigenvalue weighted by Gasteiger charge is -2.28. The summed E-state index contributed by atoms with van der Waals surface area (Å²) >= 11 is 0. The number of hydrogen-bond acceptors (Lipinski definition) is 5. The molecule has 1 aliphatic carbocycles. The maximum absolute atomic E-state index is 6.15. The zero-order valence-corrected chi connectivity index (χ0v) is 11.9. The van der Waals surface area contributed by atoms with Crippen LogP contribution in [0, 0.1) is 12.8 Å². The van der Waals surface area contributed by atoms with E-state index < -0.39 is 0 Å². The molecule has 5 nitrogen and oxygen atoms in total. The first-order chi connectivity index (χ1) is 9.19. The van der Waals surface area contributed by atoms with Crippen LogP contribution < -0.4 is 15.8 Å².